The van der Waals surface area contributed by atoms with E-state index >= 15 is 0 Å². The molecule has 2 aromatic rings. The van der Waals surface area contributed by atoms with E-state index < -0.39 is 0 Å². The van der Waals surface area contributed by atoms with Gasteiger partial charge in [0.1, 0.15) is 5.82 Å². The number of aryl methyl sites for hydroxylation is 2. The van der Waals surface area contributed by atoms with Crippen molar-refractivity contribution in [1.82, 2.24) is 9.78 Å². The van der Waals surface area contributed by atoms with Crippen LogP contribution in [-0.4, -0.2) is 9.78 Å². The van der Waals surface area contributed by atoms with E-state index in [9.17, 15) is 4.39 Å². The molecule has 4 heteroatoms. The predicted molar refractivity (Wildman–Crippen MR) is 65.7 cm³/mol. The van der Waals surface area contributed by atoms with Crippen LogP contribution >= 0.6 is 15.9 Å². The highest BCUT2D eigenvalue weighted by molar-refractivity contribution is 9.10. The van der Waals surface area contributed by atoms with Gasteiger partial charge in [0.2, 0.25) is 0 Å². The number of halogens is 2. The number of hydrogen-bond acceptors (Lipinski definition) is 1. The highest BCUT2D eigenvalue weighted by Gasteiger charge is 2.13. The van der Waals surface area contributed by atoms with Crippen LogP contribution in [0.15, 0.2) is 28.7 Å². The summed E-state index contributed by atoms with van der Waals surface area (Å²) in [5.41, 5.74) is 2.96. The summed E-state index contributed by atoms with van der Waals surface area (Å²) in [4.78, 5) is 0. The van der Waals surface area contributed by atoms with Gasteiger partial charge < -0.3 is 0 Å². The summed E-state index contributed by atoms with van der Waals surface area (Å²) < 4.78 is 15.6. The molecule has 84 valence electrons. The van der Waals surface area contributed by atoms with Crippen LogP contribution in [0, 0.1) is 5.82 Å². The van der Waals surface area contributed by atoms with Crippen molar-refractivity contribution in [3.05, 3.63) is 40.2 Å². The lowest BCUT2D eigenvalue weighted by Gasteiger charge is -2.02. The Morgan fingerprint density at radius 1 is 1.31 bits per heavy atom. The summed E-state index contributed by atoms with van der Waals surface area (Å²) in [6, 6.07) is 6.44. The number of aromatic nitrogens is 2. The molecule has 16 heavy (non-hydrogen) atoms. The van der Waals surface area contributed by atoms with Gasteiger partial charge in [-0.05, 0) is 46.6 Å². The molecule has 0 atom stereocenters. The second-order valence-electron chi connectivity index (χ2n) is 3.59. The van der Waals surface area contributed by atoms with Gasteiger partial charge in [0.15, 0.2) is 0 Å². The molecule has 1 aromatic heterocycles. The number of benzene rings is 1. The van der Waals surface area contributed by atoms with Gasteiger partial charge in [0, 0.05) is 12.6 Å². The minimum absolute atomic E-state index is 0.224. The van der Waals surface area contributed by atoms with Crippen LogP contribution in [-0.2, 0) is 13.5 Å². The molecule has 0 N–H and O–H groups in total. The largest absolute Gasteiger partial charge is 0.266 e. The summed E-state index contributed by atoms with van der Waals surface area (Å²) in [6.07, 6.45) is 0.871. The average molecular weight is 283 g/mol. The van der Waals surface area contributed by atoms with Crippen molar-refractivity contribution in [2.75, 3.05) is 0 Å². The topological polar surface area (TPSA) is 17.8 Å². The molecule has 0 aliphatic rings. The molecule has 0 bridgehead atoms. The molecule has 2 rings (SSSR count). The molecule has 0 aliphatic carbocycles. The van der Waals surface area contributed by atoms with E-state index in [1.165, 1.54) is 12.1 Å². The Morgan fingerprint density at radius 2 is 1.94 bits per heavy atom. The SMILES string of the molecule is CCc1nn(C)c(-c2ccc(F)cc2)c1Br. The normalized spacial score (nSPS) is 10.8. The molecule has 1 aromatic carbocycles. The first-order valence-electron chi connectivity index (χ1n) is 5.10. The lowest BCUT2D eigenvalue weighted by molar-refractivity contribution is 0.628. The van der Waals surface area contributed by atoms with Crippen molar-refractivity contribution in [3.63, 3.8) is 0 Å². The maximum absolute atomic E-state index is 12.8. The van der Waals surface area contributed by atoms with Crippen molar-refractivity contribution in [1.29, 1.82) is 0 Å². The van der Waals surface area contributed by atoms with Crippen LogP contribution < -0.4 is 0 Å². The molecule has 0 aliphatic heterocycles. The van der Waals surface area contributed by atoms with Crippen LogP contribution in [0.1, 0.15) is 12.6 Å². The standard InChI is InChI=1S/C12H12BrFN2/c1-3-10-11(13)12(16(2)15-10)8-4-6-9(14)7-5-8/h4-7H,3H2,1-2H3. The van der Waals surface area contributed by atoms with Crippen molar-refractivity contribution in [2.45, 2.75) is 13.3 Å². The number of rotatable bonds is 2. The van der Waals surface area contributed by atoms with Crippen molar-refractivity contribution < 1.29 is 4.39 Å². The van der Waals surface area contributed by atoms with E-state index in [0.717, 1.165) is 27.8 Å². The zero-order valence-electron chi connectivity index (χ0n) is 9.17. The molecule has 0 saturated heterocycles. The summed E-state index contributed by atoms with van der Waals surface area (Å²) in [5.74, 6) is -0.224. The molecule has 0 spiro atoms. The van der Waals surface area contributed by atoms with E-state index in [4.69, 9.17) is 0 Å². The lowest BCUT2D eigenvalue weighted by atomic mass is 10.1. The Balaban J connectivity index is 2.55. The Hall–Kier alpha value is -1.16. The van der Waals surface area contributed by atoms with E-state index in [1.54, 1.807) is 12.1 Å². The fraction of sp³-hybridized carbons (Fsp3) is 0.250. The number of nitrogens with zero attached hydrogens (tertiary/aromatic N) is 2. The van der Waals surface area contributed by atoms with Crippen molar-refractivity contribution in [2.24, 2.45) is 7.05 Å². The Morgan fingerprint density at radius 3 is 2.44 bits per heavy atom. The fourth-order valence-corrected chi connectivity index (χ4v) is 2.55. The lowest BCUT2D eigenvalue weighted by Crippen LogP contribution is -1.94. The van der Waals surface area contributed by atoms with Crippen LogP contribution in [0.3, 0.4) is 0 Å². The molecule has 0 saturated carbocycles. The van der Waals surface area contributed by atoms with E-state index in [2.05, 4.69) is 28.0 Å². The first-order chi connectivity index (χ1) is 7.63. The summed E-state index contributed by atoms with van der Waals surface area (Å²) in [7, 11) is 1.89. The van der Waals surface area contributed by atoms with Gasteiger partial charge in [-0.25, -0.2) is 4.39 Å². The second-order valence-corrected chi connectivity index (χ2v) is 4.39. The van der Waals surface area contributed by atoms with E-state index in [0.29, 0.717) is 0 Å². The Bertz CT molecular complexity index is 502. The van der Waals surface area contributed by atoms with Gasteiger partial charge >= 0.3 is 0 Å². The third-order valence-electron chi connectivity index (χ3n) is 2.51. The van der Waals surface area contributed by atoms with Crippen molar-refractivity contribution in [3.8, 4) is 11.3 Å². The predicted octanol–water partition coefficient (Wildman–Crippen LogP) is 3.55. The maximum atomic E-state index is 12.8. The highest BCUT2D eigenvalue weighted by Crippen LogP contribution is 2.30. The molecule has 0 unspecified atom stereocenters. The molecule has 0 amide bonds. The molecular formula is C12H12BrFN2. The van der Waals surface area contributed by atoms with Crippen molar-refractivity contribution >= 4 is 15.9 Å². The van der Waals surface area contributed by atoms with Crippen LogP contribution in [0.25, 0.3) is 11.3 Å². The van der Waals surface area contributed by atoms with E-state index in [-0.39, 0.29) is 5.82 Å². The third-order valence-corrected chi connectivity index (χ3v) is 3.34. The molecular weight excluding hydrogens is 271 g/mol. The quantitative estimate of drug-likeness (QED) is 0.824. The van der Waals surface area contributed by atoms with Gasteiger partial charge in [-0.1, -0.05) is 6.92 Å². The smallest absolute Gasteiger partial charge is 0.123 e. The van der Waals surface area contributed by atoms with Gasteiger partial charge in [0.05, 0.1) is 15.9 Å². The summed E-state index contributed by atoms with van der Waals surface area (Å²) >= 11 is 3.54. The second kappa shape index (κ2) is 4.37. The average Bonchev–Trinajstić information content (AvgIpc) is 2.56. The summed E-state index contributed by atoms with van der Waals surface area (Å²) in [5, 5.41) is 4.40. The third kappa shape index (κ3) is 1.89. The van der Waals surface area contributed by atoms with Gasteiger partial charge in [-0.2, -0.15) is 5.10 Å². The van der Waals surface area contributed by atoms with Crippen LogP contribution in [0.2, 0.25) is 0 Å². The molecule has 2 nitrogen and oxygen atoms in total. The first-order valence-corrected chi connectivity index (χ1v) is 5.90. The molecule has 1 heterocycles. The highest BCUT2D eigenvalue weighted by atomic mass is 79.9. The Labute approximate surface area is 102 Å². The Kier molecular flexibility index (Phi) is 3.10. The van der Waals surface area contributed by atoms with E-state index in [1.807, 2.05) is 11.7 Å². The zero-order valence-corrected chi connectivity index (χ0v) is 10.8. The fourth-order valence-electron chi connectivity index (χ4n) is 1.70. The minimum atomic E-state index is -0.224. The minimum Gasteiger partial charge on any atom is -0.266 e. The summed E-state index contributed by atoms with van der Waals surface area (Å²) in [6.45, 7) is 2.06. The maximum Gasteiger partial charge on any atom is 0.123 e. The van der Waals surface area contributed by atoms with Gasteiger partial charge in [-0.15, -0.1) is 0 Å². The number of hydrogen-bond donors (Lipinski definition) is 0. The van der Waals surface area contributed by atoms with Crippen LogP contribution in [0.4, 0.5) is 4.39 Å². The molecule has 0 fully saturated rings. The van der Waals surface area contributed by atoms with Gasteiger partial charge in [0.25, 0.3) is 0 Å². The molecule has 0 radical (unpaired) electrons. The van der Waals surface area contributed by atoms with Gasteiger partial charge in [-0.3, -0.25) is 4.68 Å². The zero-order chi connectivity index (χ0) is 11.7. The monoisotopic (exact) mass is 282 g/mol. The first kappa shape index (κ1) is 11.3. The van der Waals surface area contributed by atoms with Crippen LogP contribution in [0.5, 0.6) is 0 Å².